The average molecular weight is 482 g/mol. The summed E-state index contributed by atoms with van der Waals surface area (Å²) in [5.41, 5.74) is 15.0. The minimum absolute atomic E-state index is 0. The molecule has 0 amide bonds. The molecule has 0 aliphatic heterocycles. The number of hydrogen-bond acceptors (Lipinski definition) is 5. The molecule has 0 saturated heterocycles. The van der Waals surface area contributed by atoms with Crippen molar-refractivity contribution in [1.82, 2.24) is 9.97 Å². The molecule has 5 nitrogen and oxygen atoms in total. The maximum Gasteiger partial charge on any atom is 0.152 e. The summed E-state index contributed by atoms with van der Waals surface area (Å²) in [5.74, 6) is 1.37. The zero-order valence-electron chi connectivity index (χ0n) is 17.3. The molecule has 1 unspecified atom stereocenters. The highest BCUT2D eigenvalue weighted by Crippen LogP contribution is 2.39. The van der Waals surface area contributed by atoms with Crippen molar-refractivity contribution in [1.29, 1.82) is 0 Å². The summed E-state index contributed by atoms with van der Waals surface area (Å²) in [5, 5.41) is 1.65. The van der Waals surface area contributed by atoms with E-state index in [0.717, 1.165) is 53.6 Å². The number of fused-ring (bicyclic) bond motifs is 1. The molecule has 1 aliphatic rings. The van der Waals surface area contributed by atoms with E-state index in [1.807, 2.05) is 54.6 Å². The number of rotatable bonds is 4. The second-order valence-electron chi connectivity index (χ2n) is 7.65. The molecule has 1 fully saturated rings. The van der Waals surface area contributed by atoms with Gasteiger partial charge in [-0.3, -0.25) is 0 Å². The Morgan fingerprint density at radius 1 is 1.03 bits per heavy atom. The summed E-state index contributed by atoms with van der Waals surface area (Å²) in [6.45, 7) is 0. The van der Waals surface area contributed by atoms with E-state index in [0.29, 0.717) is 10.8 Å². The van der Waals surface area contributed by atoms with E-state index in [1.54, 1.807) is 7.11 Å². The van der Waals surface area contributed by atoms with Crippen LogP contribution >= 0.6 is 36.4 Å². The lowest BCUT2D eigenvalue weighted by Crippen LogP contribution is -2.56. The normalized spacial score (nSPS) is 17.7. The van der Waals surface area contributed by atoms with E-state index in [9.17, 15) is 0 Å². The number of ether oxygens (including phenoxy) is 1. The summed E-state index contributed by atoms with van der Waals surface area (Å²) >= 11 is 5.97. The lowest BCUT2D eigenvalue weighted by molar-refractivity contribution is 0.256. The first kappa shape index (κ1) is 25.4. The quantitative estimate of drug-likeness (QED) is 0.475. The minimum Gasteiger partial charge on any atom is -0.497 e. The zero-order valence-corrected chi connectivity index (χ0v) is 19.6. The van der Waals surface area contributed by atoms with Crippen LogP contribution in [-0.4, -0.2) is 22.7 Å². The van der Waals surface area contributed by atoms with Crippen molar-refractivity contribution in [2.75, 3.05) is 7.11 Å². The van der Waals surface area contributed by atoms with Crippen molar-refractivity contribution >= 4 is 59.5 Å². The molecule has 0 spiro atoms. The standard InChI is InChI=1S/C23H25ClN4O.2ClH/c1-29-17-10-11-20-18(14-17)22(19-4-2-3-13-23(19,25)26)28-21(27-20)12-7-15-5-8-16(24)9-6-15;;/h5-12,14,19H,2-4,13,25-26H2,1H3;2*1H. The maximum absolute atomic E-state index is 6.50. The Labute approximate surface area is 200 Å². The predicted octanol–water partition coefficient (Wildman–Crippen LogP) is 5.58. The molecular weight excluding hydrogens is 455 g/mol. The van der Waals surface area contributed by atoms with E-state index in [4.69, 9.17) is 37.8 Å². The molecule has 2 aromatic carbocycles. The van der Waals surface area contributed by atoms with Gasteiger partial charge in [0.1, 0.15) is 5.75 Å². The molecule has 4 rings (SSSR count). The van der Waals surface area contributed by atoms with Gasteiger partial charge in [0, 0.05) is 16.3 Å². The predicted molar refractivity (Wildman–Crippen MR) is 133 cm³/mol. The molecule has 1 aliphatic carbocycles. The first-order valence-electron chi connectivity index (χ1n) is 9.83. The van der Waals surface area contributed by atoms with E-state index in [1.165, 1.54) is 0 Å². The minimum atomic E-state index is -0.778. The van der Waals surface area contributed by atoms with Gasteiger partial charge in [-0.05, 0) is 54.8 Å². The van der Waals surface area contributed by atoms with Gasteiger partial charge in [-0.1, -0.05) is 42.7 Å². The van der Waals surface area contributed by atoms with Gasteiger partial charge in [-0.15, -0.1) is 24.8 Å². The van der Waals surface area contributed by atoms with E-state index in [2.05, 4.69) is 0 Å². The van der Waals surface area contributed by atoms with E-state index < -0.39 is 5.66 Å². The Morgan fingerprint density at radius 2 is 1.77 bits per heavy atom. The zero-order chi connectivity index (χ0) is 20.4. The Morgan fingerprint density at radius 3 is 2.45 bits per heavy atom. The fourth-order valence-corrected chi connectivity index (χ4v) is 4.10. The number of methoxy groups -OCH3 is 1. The van der Waals surface area contributed by atoms with Gasteiger partial charge in [0.05, 0.1) is 24.0 Å². The maximum atomic E-state index is 6.50. The van der Waals surface area contributed by atoms with E-state index in [-0.39, 0.29) is 30.7 Å². The molecule has 166 valence electrons. The topological polar surface area (TPSA) is 87.0 Å². The Bertz CT molecular complexity index is 1050. The van der Waals surface area contributed by atoms with Gasteiger partial charge in [-0.25, -0.2) is 9.97 Å². The largest absolute Gasteiger partial charge is 0.497 e. The lowest BCUT2D eigenvalue weighted by Gasteiger charge is -2.38. The molecule has 0 radical (unpaired) electrons. The Hall–Kier alpha value is -1.89. The van der Waals surface area contributed by atoms with Crippen LogP contribution in [0.3, 0.4) is 0 Å². The second-order valence-corrected chi connectivity index (χ2v) is 8.08. The van der Waals surface area contributed by atoms with Crippen molar-refractivity contribution < 1.29 is 4.74 Å². The molecule has 1 aromatic heterocycles. The van der Waals surface area contributed by atoms with Crippen LogP contribution in [0.2, 0.25) is 5.02 Å². The smallest absolute Gasteiger partial charge is 0.152 e. The van der Waals surface area contributed by atoms with Crippen LogP contribution < -0.4 is 16.2 Å². The number of halogens is 3. The van der Waals surface area contributed by atoms with Crippen molar-refractivity contribution in [2.24, 2.45) is 11.5 Å². The first-order valence-corrected chi connectivity index (χ1v) is 10.2. The van der Waals surface area contributed by atoms with Gasteiger partial charge in [0.15, 0.2) is 5.82 Å². The Balaban J connectivity index is 0.00000171. The molecule has 31 heavy (non-hydrogen) atoms. The summed E-state index contributed by atoms with van der Waals surface area (Å²) < 4.78 is 5.42. The summed E-state index contributed by atoms with van der Waals surface area (Å²) in [4.78, 5) is 9.61. The van der Waals surface area contributed by atoms with Crippen LogP contribution in [0.25, 0.3) is 23.1 Å². The fourth-order valence-electron chi connectivity index (χ4n) is 3.98. The molecule has 0 bridgehead atoms. The molecule has 4 N–H and O–H groups in total. The third-order valence-corrected chi connectivity index (χ3v) is 5.83. The summed E-state index contributed by atoms with van der Waals surface area (Å²) in [6, 6.07) is 13.5. The van der Waals surface area contributed by atoms with Crippen LogP contribution in [0, 0.1) is 0 Å². The van der Waals surface area contributed by atoms with Crippen molar-refractivity contribution in [2.45, 2.75) is 37.3 Å². The highest BCUT2D eigenvalue weighted by atomic mass is 35.5. The second kappa shape index (κ2) is 10.6. The van der Waals surface area contributed by atoms with Gasteiger partial charge < -0.3 is 16.2 Å². The molecule has 8 heteroatoms. The van der Waals surface area contributed by atoms with Crippen molar-refractivity contribution in [3.05, 3.63) is 64.6 Å². The first-order chi connectivity index (χ1) is 14.0. The number of benzene rings is 2. The molecular formula is C23H27Cl3N4O. The van der Waals surface area contributed by atoms with Crippen molar-refractivity contribution in [3.8, 4) is 5.75 Å². The van der Waals surface area contributed by atoms with Gasteiger partial charge in [0.25, 0.3) is 0 Å². The number of nitrogens with two attached hydrogens (primary N) is 2. The third-order valence-electron chi connectivity index (χ3n) is 5.58. The van der Waals surface area contributed by atoms with Crippen LogP contribution in [-0.2, 0) is 0 Å². The molecule has 3 aromatic rings. The molecule has 1 heterocycles. The monoisotopic (exact) mass is 480 g/mol. The third kappa shape index (κ3) is 5.68. The van der Waals surface area contributed by atoms with Crippen LogP contribution in [0.1, 0.15) is 48.7 Å². The average Bonchev–Trinajstić information content (AvgIpc) is 2.72. The fraction of sp³-hybridized carbons (Fsp3) is 0.304. The number of hydrogen-bond donors (Lipinski definition) is 2. The number of nitrogens with zero attached hydrogens (tertiary/aromatic N) is 2. The van der Waals surface area contributed by atoms with Gasteiger partial charge >= 0.3 is 0 Å². The summed E-state index contributed by atoms with van der Waals surface area (Å²) in [7, 11) is 1.65. The highest BCUT2D eigenvalue weighted by molar-refractivity contribution is 6.30. The van der Waals surface area contributed by atoms with Crippen LogP contribution in [0.4, 0.5) is 0 Å². The molecule has 1 saturated carbocycles. The molecule has 1 atom stereocenters. The lowest BCUT2D eigenvalue weighted by atomic mass is 9.77. The van der Waals surface area contributed by atoms with Gasteiger partial charge in [0.2, 0.25) is 0 Å². The van der Waals surface area contributed by atoms with Gasteiger partial charge in [-0.2, -0.15) is 0 Å². The van der Waals surface area contributed by atoms with E-state index >= 15 is 0 Å². The van der Waals surface area contributed by atoms with Crippen molar-refractivity contribution in [3.63, 3.8) is 0 Å². The Kier molecular flexibility index (Phi) is 8.69. The highest BCUT2D eigenvalue weighted by Gasteiger charge is 2.36. The van der Waals surface area contributed by atoms with Crippen LogP contribution in [0.5, 0.6) is 5.75 Å². The summed E-state index contributed by atoms with van der Waals surface area (Å²) in [6.07, 6.45) is 7.71. The SMILES string of the molecule is COc1ccc2nc(C=Cc3ccc(Cl)cc3)nc(C3CCCCC3(N)N)c2c1.Cl.Cl. The number of aromatic nitrogens is 2. The van der Waals surface area contributed by atoms with Crippen LogP contribution in [0.15, 0.2) is 42.5 Å².